The highest BCUT2D eigenvalue weighted by molar-refractivity contribution is 7.71. The molecule has 0 aliphatic rings. The van der Waals surface area contributed by atoms with E-state index < -0.39 is 0 Å². The largest absolute Gasteiger partial charge is 0.331 e. The van der Waals surface area contributed by atoms with Gasteiger partial charge in [-0.15, -0.1) is 0 Å². The second kappa shape index (κ2) is 3.17. The van der Waals surface area contributed by atoms with E-state index in [0.717, 1.165) is 5.52 Å². The number of nitrogens with one attached hydrogen (secondary N) is 2. The zero-order valence-electron chi connectivity index (χ0n) is 6.12. The van der Waals surface area contributed by atoms with Gasteiger partial charge in [0.05, 0.1) is 26.1 Å². The standard InChI is InChI=1S/C7H3Cl3N2S/c8-2-1-3-6(5(10)4(2)9)12-7(13)11-3/h1H,(H2,11,12,13). The van der Waals surface area contributed by atoms with Crippen LogP contribution in [-0.4, -0.2) is 9.97 Å². The topological polar surface area (TPSA) is 31.6 Å². The summed E-state index contributed by atoms with van der Waals surface area (Å²) in [6, 6.07) is 1.68. The second-order valence-electron chi connectivity index (χ2n) is 2.49. The summed E-state index contributed by atoms with van der Waals surface area (Å²) in [6.07, 6.45) is 0. The van der Waals surface area contributed by atoms with E-state index in [9.17, 15) is 0 Å². The van der Waals surface area contributed by atoms with Gasteiger partial charge in [0.15, 0.2) is 4.77 Å². The van der Waals surface area contributed by atoms with E-state index in [1.54, 1.807) is 6.07 Å². The highest BCUT2D eigenvalue weighted by Crippen LogP contribution is 2.35. The number of imidazole rings is 1. The van der Waals surface area contributed by atoms with Crippen LogP contribution in [0.5, 0.6) is 0 Å². The van der Waals surface area contributed by atoms with Gasteiger partial charge in [-0.05, 0) is 18.3 Å². The summed E-state index contributed by atoms with van der Waals surface area (Å²) >= 11 is 22.5. The van der Waals surface area contributed by atoms with Crippen molar-refractivity contribution in [3.63, 3.8) is 0 Å². The van der Waals surface area contributed by atoms with Gasteiger partial charge in [0.2, 0.25) is 0 Å². The number of fused-ring (bicyclic) bond motifs is 1. The van der Waals surface area contributed by atoms with E-state index in [-0.39, 0.29) is 0 Å². The van der Waals surface area contributed by atoms with Crippen molar-refractivity contribution >= 4 is 58.1 Å². The maximum absolute atomic E-state index is 5.93. The molecule has 2 aromatic rings. The molecule has 1 aromatic carbocycles. The Bertz CT molecular complexity index is 528. The number of aromatic amines is 2. The molecule has 68 valence electrons. The van der Waals surface area contributed by atoms with Crippen LogP contribution in [0.15, 0.2) is 6.07 Å². The van der Waals surface area contributed by atoms with Crippen LogP contribution in [0.2, 0.25) is 15.1 Å². The van der Waals surface area contributed by atoms with Gasteiger partial charge < -0.3 is 9.97 Å². The first-order valence-electron chi connectivity index (χ1n) is 3.35. The SMILES string of the molecule is S=c1[nH]c2cc(Cl)c(Cl)c(Cl)c2[nH]1. The van der Waals surface area contributed by atoms with Gasteiger partial charge in [-0.2, -0.15) is 0 Å². The molecule has 0 bridgehead atoms. The lowest BCUT2D eigenvalue weighted by Crippen LogP contribution is -1.75. The molecule has 0 unspecified atom stereocenters. The summed E-state index contributed by atoms with van der Waals surface area (Å²) in [7, 11) is 0. The summed E-state index contributed by atoms with van der Waals surface area (Å²) in [5, 5.41) is 1.13. The minimum Gasteiger partial charge on any atom is -0.331 e. The smallest absolute Gasteiger partial charge is 0.175 e. The molecule has 0 saturated heterocycles. The van der Waals surface area contributed by atoms with Crippen molar-refractivity contribution in [2.75, 3.05) is 0 Å². The molecule has 0 aliphatic carbocycles. The first-order chi connectivity index (χ1) is 6.09. The van der Waals surface area contributed by atoms with Gasteiger partial charge in [0, 0.05) is 0 Å². The highest BCUT2D eigenvalue weighted by Gasteiger charge is 2.09. The minimum atomic E-state index is 0.334. The monoisotopic (exact) mass is 252 g/mol. The maximum Gasteiger partial charge on any atom is 0.175 e. The average molecular weight is 254 g/mol. The van der Waals surface area contributed by atoms with Crippen molar-refractivity contribution in [1.29, 1.82) is 0 Å². The second-order valence-corrected chi connectivity index (χ2v) is 4.06. The fourth-order valence-corrected chi connectivity index (χ4v) is 1.95. The first-order valence-corrected chi connectivity index (χ1v) is 4.89. The van der Waals surface area contributed by atoms with Crippen molar-refractivity contribution in [2.24, 2.45) is 0 Å². The number of halogens is 3. The van der Waals surface area contributed by atoms with Crippen LogP contribution in [0.4, 0.5) is 0 Å². The lowest BCUT2D eigenvalue weighted by Gasteiger charge is -1.98. The van der Waals surface area contributed by atoms with Crippen LogP contribution in [0.25, 0.3) is 11.0 Å². The lowest BCUT2D eigenvalue weighted by atomic mass is 10.3. The molecule has 0 fully saturated rings. The summed E-state index contributed by atoms with van der Waals surface area (Å²) in [4.78, 5) is 5.78. The van der Waals surface area contributed by atoms with E-state index in [2.05, 4.69) is 9.97 Å². The van der Waals surface area contributed by atoms with Crippen LogP contribution in [0.3, 0.4) is 0 Å². The fourth-order valence-electron chi connectivity index (χ4n) is 1.08. The van der Waals surface area contributed by atoms with Crippen molar-refractivity contribution in [3.05, 3.63) is 25.9 Å². The maximum atomic E-state index is 5.93. The Labute approximate surface area is 93.8 Å². The molecule has 0 aliphatic heterocycles. The van der Waals surface area contributed by atoms with Gasteiger partial charge >= 0.3 is 0 Å². The van der Waals surface area contributed by atoms with E-state index >= 15 is 0 Å². The van der Waals surface area contributed by atoms with Crippen LogP contribution < -0.4 is 0 Å². The number of H-pyrrole nitrogens is 2. The van der Waals surface area contributed by atoms with Crippen LogP contribution in [-0.2, 0) is 0 Å². The summed E-state index contributed by atoms with van der Waals surface area (Å²) < 4.78 is 0.496. The number of hydrogen-bond acceptors (Lipinski definition) is 1. The third-order valence-corrected chi connectivity index (χ3v) is 3.12. The molecule has 2 rings (SSSR count). The van der Waals surface area contributed by atoms with Gasteiger partial charge in [-0.25, -0.2) is 0 Å². The van der Waals surface area contributed by atoms with E-state index in [4.69, 9.17) is 47.0 Å². The number of hydrogen-bond donors (Lipinski definition) is 2. The lowest BCUT2D eigenvalue weighted by molar-refractivity contribution is 1.30. The Morgan fingerprint density at radius 3 is 2.46 bits per heavy atom. The van der Waals surface area contributed by atoms with E-state index in [1.807, 2.05) is 0 Å². The molecule has 13 heavy (non-hydrogen) atoms. The zero-order valence-corrected chi connectivity index (χ0v) is 9.20. The molecule has 0 saturated carbocycles. The Morgan fingerprint density at radius 1 is 1.08 bits per heavy atom. The molecule has 1 aromatic heterocycles. The zero-order chi connectivity index (χ0) is 9.59. The predicted molar refractivity (Wildman–Crippen MR) is 58.5 cm³/mol. The number of rotatable bonds is 0. The molecule has 0 atom stereocenters. The molecular weight excluding hydrogens is 251 g/mol. The summed E-state index contributed by atoms with van der Waals surface area (Å²) in [5.74, 6) is 0. The molecule has 2 nitrogen and oxygen atoms in total. The molecular formula is C7H3Cl3N2S. The van der Waals surface area contributed by atoms with Crippen LogP contribution in [0, 0.1) is 4.77 Å². The Morgan fingerprint density at radius 2 is 1.77 bits per heavy atom. The van der Waals surface area contributed by atoms with Crippen LogP contribution in [0.1, 0.15) is 0 Å². The van der Waals surface area contributed by atoms with Gasteiger partial charge in [-0.1, -0.05) is 34.8 Å². The van der Waals surface area contributed by atoms with Gasteiger partial charge in [-0.3, -0.25) is 0 Å². The first kappa shape index (κ1) is 9.34. The van der Waals surface area contributed by atoms with Crippen molar-refractivity contribution in [3.8, 4) is 0 Å². The minimum absolute atomic E-state index is 0.334. The number of benzene rings is 1. The number of aromatic nitrogens is 2. The normalized spacial score (nSPS) is 11.0. The molecule has 6 heteroatoms. The fraction of sp³-hybridized carbons (Fsp3) is 0. The molecule has 2 N–H and O–H groups in total. The quantitative estimate of drug-likeness (QED) is 0.535. The van der Waals surface area contributed by atoms with Gasteiger partial charge in [0.25, 0.3) is 0 Å². The van der Waals surface area contributed by atoms with E-state index in [0.29, 0.717) is 25.4 Å². The highest BCUT2D eigenvalue weighted by atomic mass is 35.5. The van der Waals surface area contributed by atoms with Crippen molar-refractivity contribution in [2.45, 2.75) is 0 Å². The Balaban J connectivity index is 3.00. The average Bonchev–Trinajstić information content (AvgIpc) is 2.42. The van der Waals surface area contributed by atoms with Gasteiger partial charge in [0.1, 0.15) is 0 Å². The molecule has 0 radical (unpaired) electrons. The molecule has 0 spiro atoms. The summed E-state index contributed by atoms with van der Waals surface area (Å²) in [6.45, 7) is 0. The van der Waals surface area contributed by atoms with Crippen LogP contribution >= 0.6 is 47.0 Å². The Hall–Kier alpha value is -0.220. The molecule has 1 heterocycles. The predicted octanol–water partition coefficient (Wildman–Crippen LogP) is 4.19. The molecule has 0 amide bonds. The third-order valence-electron chi connectivity index (χ3n) is 1.65. The van der Waals surface area contributed by atoms with Crippen molar-refractivity contribution in [1.82, 2.24) is 9.97 Å². The van der Waals surface area contributed by atoms with E-state index in [1.165, 1.54) is 0 Å². The van der Waals surface area contributed by atoms with Crippen molar-refractivity contribution < 1.29 is 0 Å². The Kier molecular flexibility index (Phi) is 2.28. The summed E-state index contributed by atoms with van der Waals surface area (Å²) in [5.41, 5.74) is 1.44. The third kappa shape index (κ3) is 1.46.